The molecule has 0 unspecified atom stereocenters. The van der Waals surface area contributed by atoms with Gasteiger partial charge in [0.25, 0.3) is 5.91 Å². The second-order valence-electron chi connectivity index (χ2n) is 4.88. The predicted octanol–water partition coefficient (Wildman–Crippen LogP) is 2.78. The number of carbonyl (C=O) groups excluding carboxylic acids is 1. The highest BCUT2D eigenvalue weighted by atomic mass is 79.9. The van der Waals surface area contributed by atoms with Crippen LogP contribution in [0.25, 0.3) is 0 Å². The van der Waals surface area contributed by atoms with Gasteiger partial charge in [-0.2, -0.15) is 0 Å². The summed E-state index contributed by atoms with van der Waals surface area (Å²) in [5.74, 6) is 0.233. The van der Waals surface area contributed by atoms with Crippen molar-refractivity contribution >= 4 is 33.4 Å². The molecule has 0 aliphatic heterocycles. The van der Waals surface area contributed by atoms with Crippen LogP contribution >= 0.6 is 27.5 Å². The number of carbonyl (C=O) groups is 1. The first-order valence-corrected chi connectivity index (χ1v) is 7.50. The van der Waals surface area contributed by atoms with Gasteiger partial charge in [0.1, 0.15) is 5.15 Å². The van der Waals surface area contributed by atoms with E-state index in [0.717, 1.165) is 30.2 Å². The molecule has 1 aromatic rings. The molecule has 0 spiro atoms. The average Bonchev–Trinajstić information content (AvgIpc) is 2.40. The Morgan fingerprint density at radius 1 is 1.47 bits per heavy atom. The van der Waals surface area contributed by atoms with Crippen LogP contribution in [0.3, 0.4) is 0 Å². The number of aliphatic hydroxyl groups is 1. The van der Waals surface area contributed by atoms with Gasteiger partial charge in [-0.15, -0.1) is 0 Å². The Balaban J connectivity index is 1.89. The van der Waals surface area contributed by atoms with E-state index in [-0.39, 0.29) is 17.2 Å². The number of nitrogens with zero attached hydrogens (tertiary/aromatic N) is 1. The van der Waals surface area contributed by atoms with Crippen molar-refractivity contribution in [3.8, 4) is 0 Å². The van der Waals surface area contributed by atoms with Gasteiger partial charge in [0, 0.05) is 17.2 Å². The van der Waals surface area contributed by atoms with Gasteiger partial charge in [0.05, 0.1) is 11.7 Å². The molecule has 104 valence electrons. The Kier molecular flexibility index (Phi) is 5.19. The molecule has 6 heteroatoms. The summed E-state index contributed by atoms with van der Waals surface area (Å²) in [6.07, 6.45) is 4.93. The summed E-state index contributed by atoms with van der Waals surface area (Å²) in [5, 5.41) is 12.5. The molecule has 0 saturated heterocycles. The molecular weight excluding hydrogens is 332 g/mol. The Bertz CT molecular complexity index is 462. The molecule has 2 rings (SSSR count). The lowest BCUT2D eigenvalue weighted by Crippen LogP contribution is -2.32. The van der Waals surface area contributed by atoms with E-state index in [0.29, 0.717) is 18.0 Å². The lowest BCUT2D eigenvalue weighted by Gasteiger charge is -2.25. The fourth-order valence-corrected chi connectivity index (χ4v) is 2.78. The number of aliphatic hydroxyl groups excluding tert-OH is 1. The standard InChI is InChI=1S/C13H16BrClN2O2/c14-9-5-11(12(15)16-7-9)13(19)17-6-8-1-3-10(18)4-2-8/h5,7-8,10,18H,1-4,6H2,(H,17,19). The first-order valence-electron chi connectivity index (χ1n) is 6.33. The van der Waals surface area contributed by atoms with Crippen LogP contribution in [0.1, 0.15) is 36.0 Å². The molecule has 1 aliphatic carbocycles. The van der Waals surface area contributed by atoms with Crippen LogP contribution in [0.5, 0.6) is 0 Å². The van der Waals surface area contributed by atoms with Crippen LogP contribution in [0.4, 0.5) is 0 Å². The van der Waals surface area contributed by atoms with Crippen molar-refractivity contribution in [2.45, 2.75) is 31.8 Å². The van der Waals surface area contributed by atoms with E-state index in [1.807, 2.05) is 0 Å². The Morgan fingerprint density at radius 2 is 2.16 bits per heavy atom. The summed E-state index contributed by atoms with van der Waals surface area (Å²) in [6.45, 7) is 0.619. The molecule has 19 heavy (non-hydrogen) atoms. The van der Waals surface area contributed by atoms with Gasteiger partial charge >= 0.3 is 0 Å². The number of halogens is 2. The van der Waals surface area contributed by atoms with Gasteiger partial charge in [-0.25, -0.2) is 4.98 Å². The van der Waals surface area contributed by atoms with Crippen LogP contribution in [-0.4, -0.2) is 28.6 Å². The SMILES string of the molecule is O=C(NCC1CCC(O)CC1)c1cc(Br)cnc1Cl. The summed E-state index contributed by atoms with van der Waals surface area (Å²) in [6, 6.07) is 1.66. The van der Waals surface area contributed by atoms with Gasteiger partial charge in [0.2, 0.25) is 0 Å². The molecule has 0 aromatic carbocycles. The molecule has 1 aromatic heterocycles. The van der Waals surface area contributed by atoms with E-state index in [1.165, 1.54) is 0 Å². The third-order valence-electron chi connectivity index (χ3n) is 3.42. The van der Waals surface area contributed by atoms with E-state index in [4.69, 9.17) is 11.6 Å². The van der Waals surface area contributed by atoms with Crippen LogP contribution in [0.2, 0.25) is 5.15 Å². The minimum absolute atomic E-state index is 0.171. The van der Waals surface area contributed by atoms with Crippen molar-refractivity contribution < 1.29 is 9.90 Å². The maximum atomic E-state index is 12.0. The maximum Gasteiger partial charge on any atom is 0.254 e. The van der Waals surface area contributed by atoms with Gasteiger partial charge in [-0.1, -0.05) is 11.6 Å². The lowest BCUT2D eigenvalue weighted by molar-refractivity contribution is 0.0910. The summed E-state index contributed by atoms with van der Waals surface area (Å²) >= 11 is 9.18. The summed E-state index contributed by atoms with van der Waals surface area (Å²) in [7, 11) is 0. The number of nitrogens with one attached hydrogen (secondary N) is 1. The number of aromatic nitrogens is 1. The van der Waals surface area contributed by atoms with Crippen LogP contribution in [-0.2, 0) is 0 Å². The molecule has 2 N–H and O–H groups in total. The highest BCUT2D eigenvalue weighted by Gasteiger charge is 2.20. The fraction of sp³-hybridized carbons (Fsp3) is 0.538. The highest BCUT2D eigenvalue weighted by Crippen LogP contribution is 2.24. The zero-order chi connectivity index (χ0) is 13.8. The first-order chi connectivity index (χ1) is 9.06. The van der Waals surface area contributed by atoms with E-state index in [9.17, 15) is 9.90 Å². The average molecular weight is 348 g/mol. The summed E-state index contributed by atoms with van der Waals surface area (Å²) < 4.78 is 0.725. The Labute approximate surface area is 125 Å². The molecule has 1 saturated carbocycles. The molecule has 1 heterocycles. The van der Waals surface area contributed by atoms with Gasteiger partial charge < -0.3 is 10.4 Å². The molecule has 0 bridgehead atoms. The lowest BCUT2D eigenvalue weighted by atomic mass is 9.87. The van der Waals surface area contributed by atoms with Crippen LogP contribution in [0.15, 0.2) is 16.7 Å². The van der Waals surface area contributed by atoms with E-state index < -0.39 is 0 Å². The fourth-order valence-electron chi connectivity index (χ4n) is 2.26. The minimum atomic E-state index is -0.204. The summed E-state index contributed by atoms with van der Waals surface area (Å²) in [5.41, 5.74) is 0.381. The number of rotatable bonds is 3. The Hall–Kier alpha value is -0.650. The van der Waals surface area contributed by atoms with Crippen molar-refractivity contribution in [3.63, 3.8) is 0 Å². The van der Waals surface area contributed by atoms with Gasteiger partial charge in [-0.3, -0.25) is 4.79 Å². The quantitative estimate of drug-likeness (QED) is 0.827. The second kappa shape index (κ2) is 6.68. The third kappa shape index (κ3) is 4.16. The van der Waals surface area contributed by atoms with E-state index in [2.05, 4.69) is 26.2 Å². The third-order valence-corrected chi connectivity index (χ3v) is 4.15. The van der Waals surface area contributed by atoms with Crippen LogP contribution < -0.4 is 5.32 Å². The Morgan fingerprint density at radius 3 is 2.84 bits per heavy atom. The molecule has 4 nitrogen and oxygen atoms in total. The minimum Gasteiger partial charge on any atom is -0.393 e. The van der Waals surface area contributed by atoms with Gasteiger partial charge in [-0.05, 0) is 53.6 Å². The van der Waals surface area contributed by atoms with Crippen molar-refractivity contribution in [2.75, 3.05) is 6.54 Å². The molecule has 0 atom stereocenters. The smallest absolute Gasteiger partial charge is 0.254 e. The van der Waals surface area contributed by atoms with E-state index in [1.54, 1.807) is 12.3 Å². The second-order valence-corrected chi connectivity index (χ2v) is 6.15. The van der Waals surface area contributed by atoms with Crippen LogP contribution in [0, 0.1) is 5.92 Å². The monoisotopic (exact) mass is 346 g/mol. The number of hydrogen-bond donors (Lipinski definition) is 2. The predicted molar refractivity (Wildman–Crippen MR) is 77.2 cm³/mol. The molecule has 1 fully saturated rings. The number of pyridine rings is 1. The molecule has 1 aliphatic rings. The van der Waals surface area contributed by atoms with Crippen molar-refractivity contribution in [1.29, 1.82) is 0 Å². The largest absolute Gasteiger partial charge is 0.393 e. The topological polar surface area (TPSA) is 62.2 Å². The maximum absolute atomic E-state index is 12.0. The normalized spacial score (nSPS) is 23.1. The van der Waals surface area contributed by atoms with Crippen molar-refractivity contribution in [3.05, 3.63) is 27.5 Å². The number of amides is 1. The summed E-state index contributed by atoms with van der Waals surface area (Å²) in [4.78, 5) is 15.9. The van der Waals surface area contributed by atoms with Gasteiger partial charge in [0.15, 0.2) is 0 Å². The van der Waals surface area contributed by atoms with Crippen molar-refractivity contribution in [1.82, 2.24) is 10.3 Å². The molecular formula is C13H16BrClN2O2. The van der Waals surface area contributed by atoms with Crippen molar-refractivity contribution in [2.24, 2.45) is 5.92 Å². The first kappa shape index (κ1) is 14.8. The number of hydrogen-bond acceptors (Lipinski definition) is 3. The highest BCUT2D eigenvalue weighted by molar-refractivity contribution is 9.10. The van der Waals surface area contributed by atoms with E-state index >= 15 is 0 Å². The zero-order valence-electron chi connectivity index (χ0n) is 10.4. The zero-order valence-corrected chi connectivity index (χ0v) is 12.7. The molecule has 1 amide bonds. The molecule has 0 radical (unpaired) electrons.